The number of nitrogens with zero attached hydrogens (tertiary/aromatic N) is 3. The predicted octanol–water partition coefficient (Wildman–Crippen LogP) is 4.20. The fourth-order valence-corrected chi connectivity index (χ4v) is 4.82. The average Bonchev–Trinajstić information content (AvgIpc) is 2.66. The van der Waals surface area contributed by atoms with E-state index in [1.165, 1.54) is 12.1 Å². The maximum atomic E-state index is 12.2. The Morgan fingerprint density at radius 1 is 1.23 bits per heavy atom. The van der Waals surface area contributed by atoms with Gasteiger partial charge in [0.05, 0.1) is 5.69 Å². The molecular formula is C20H22F3N5O2S. The number of amides is 1. The minimum absolute atomic E-state index is 0.0840. The van der Waals surface area contributed by atoms with E-state index >= 15 is 0 Å². The highest BCUT2D eigenvalue weighted by molar-refractivity contribution is 8.00. The Labute approximate surface area is 181 Å². The zero-order chi connectivity index (χ0) is 22.3. The van der Waals surface area contributed by atoms with Crippen molar-refractivity contribution < 1.29 is 22.7 Å². The number of carbonyl (C=O) groups excluding carboxylic acids is 1. The van der Waals surface area contributed by atoms with Crippen LogP contribution in [0, 0.1) is 6.92 Å². The zero-order valence-electron chi connectivity index (χ0n) is 17.2. The number of anilines is 3. The van der Waals surface area contributed by atoms with Gasteiger partial charge in [-0.25, -0.2) is 4.98 Å². The van der Waals surface area contributed by atoms with Crippen LogP contribution in [-0.4, -0.2) is 46.6 Å². The molecule has 1 aromatic carbocycles. The molecule has 1 aliphatic heterocycles. The highest BCUT2D eigenvalue weighted by Gasteiger charge is 2.34. The minimum atomic E-state index is -4.68. The Hall–Kier alpha value is -2.69. The van der Waals surface area contributed by atoms with Crippen LogP contribution in [0.1, 0.15) is 25.5 Å². The summed E-state index contributed by atoms with van der Waals surface area (Å²) in [5, 5.41) is 6.56. The van der Waals surface area contributed by atoms with Crippen molar-refractivity contribution in [2.75, 3.05) is 22.6 Å². The van der Waals surface area contributed by atoms with E-state index in [0.717, 1.165) is 17.7 Å². The Bertz CT molecular complexity index is 980. The molecule has 2 aliphatic rings. The SMILES string of the molecule is Cc1nc(N[C@H]2C[C@@H](Sc3ccc(OC(F)(F)F)cc3)C2)nc2c1NC(=O)[C@H](C)N2C. The highest BCUT2D eigenvalue weighted by Crippen LogP contribution is 2.39. The van der Waals surface area contributed by atoms with Gasteiger partial charge >= 0.3 is 6.36 Å². The smallest absolute Gasteiger partial charge is 0.406 e. The number of thioether (sulfide) groups is 1. The third kappa shape index (κ3) is 4.81. The first-order valence-corrected chi connectivity index (χ1v) is 10.7. The van der Waals surface area contributed by atoms with E-state index in [-0.39, 0.29) is 23.7 Å². The molecule has 1 atom stereocenters. The van der Waals surface area contributed by atoms with Crippen molar-refractivity contribution in [3.63, 3.8) is 0 Å². The van der Waals surface area contributed by atoms with Crippen LogP contribution in [0.5, 0.6) is 5.75 Å². The molecular weight excluding hydrogens is 431 g/mol. The van der Waals surface area contributed by atoms with Crippen LogP contribution in [0.4, 0.5) is 30.6 Å². The van der Waals surface area contributed by atoms with Crippen LogP contribution >= 0.6 is 11.8 Å². The summed E-state index contributed by atoms with van der Waals surface area (Å²) in [5.41, 5.74) is 1.34. The first-order chi connectivity index (χ1) is 14.6. The van der Waals surface area contributed by atoms with Gasteiger partial charge in [0.15, 0.2) is 5.82 Å². The summed E-state index contributed by atoms with van der Waals surface area (Å²) in [6.07, 6.45) is -2.92. The summed E-state index contributed by atoms with van der Waals surface area (Å²) in [5.74, 6) is 0.904. The van der Waals surface area contributed by atoms with Gasteiger partial charge in [-0.05, 0) is 51.0 Å². The molecule has 1 fully saturated rings. The highest BCUT2D eigenvalue weighted by atomic mass is 32.2. The minimum Gasteiger partial charge on any atom is -0.406 e. The van der Waals surface area contributed by atoms with Crippen LogP contribution in [0.25, 0.3) is 0 Å². The maximum Gasteiger partial charge on any atom is 0.573 e. The van der Waals surface area contributed by atoms with Gasteiger partial charge in [-0.1, -0.05) is 0 Å². The molecule has 1 amide bonds. The lowest BCUT2D eigenvalue weighted by Gasteiger charge is -2.36. The van der Waals surface area contributed by atoms with Gasteiger partial charge in [0.1, 0.15) is 17.5 Å². The van der Waals surface area contributed by atoms with Crippen molar-refractivity contribution in [2.24, 2.45) is 0 Å². The molecule has 2 N–H and O–H groups in total. The van der Waals surface area contributed by atoms with Gasteiger partial charge < -0.3 is 20.3 Å². The van der Waals surface area contributed by atoms with Crippen molar-refractivity contribution >= 4 is 35.1 Å². The van der Waals surface area contributed by atoms with Crippen LogP contribution in [0.2, 0.25) is 0 Å². The number of benzene rings is 1. The summed E-state index contributed by atoms with van der Waals surface area (Å²) in [4.78, 5) is 23.8. The van der Waals surface area contributed by atoms with Crippen molar-refractivity contribution in [3.8, 4) is 5.75 Å². The number of ether oxygens (including phenoxy) is 1. The summed E-state index contributed by atoms with van der Waals surface area (Å²) >= 11 is 1.62. The summed E-state index contributed by atoms with van der Waals surface area (Å²) in [6, 6.07) is 5.81. The Kier molecular flexibility index (Phi) is 5.63. The number of aryl methyl sites for hydroxylation is 1. The molecule has 0 bridgehead atoms. The quantitative estimate of drug-likeness (QED) is 0.703. The van der Waals surface area contributed by atoms with Gasteiger partial charge in [-0.15, -0.1) is 24.9 Å². The summed E-state index contributed by atoms with van der Waals surface area (Å²) in [7, 11) is 1.83. The van der Waals surface area contributed by atoms with Gasteiger partial charge in [-0.3, -0.25) is 4.79 Å². The molecule has 166 valence electrons. The summed E-state index contributed by atoms with van der Waals surface area (Å²) in [6.45, 7) is 3.65. The van der Waals surface area contributed by atoms with E-state index in [1.54, 1.807) is 23.9 Å². The first-order valence-electron chi connectivity index (χ1n) is 9.80. The number of alkyl halides is 3. The Morgan fingerprint density at radius 3 is 2.55 bits per heavy atom. The van der Waals surface area contributed by atoms with E-state index in [0.29, 0.717) is 28.4 Å². The summed E-state index contributed by atoms with van der Waals surface area (Å²) < 4.78 is 40.6. The predicted molar refractivity (Wildman–Crippen MR) is 113 cm³/mol. The molecule has 0 saturated heterocycles. The first kappa shape index (κ1) is 21.5. The zero-order valence-corrected chi connectivity index (χ0v) is 18.0. The molecule has 0 radical (unpaired) electrons. The largest absolute Gasteiger partial charge is 0.573 e. The second-order valence-corrected chi connectivity index (χ2v) is 9.05. The standard InChI is InChI=1S/C20H22F3N5O2S/c1-10-16-17(28(3)11(2)18(29)26-16)27-19(24-10)25-12-8-15(9-12)31-14-6-4-13(5-7-14)30-20(21,22)23/h4-7,11-12,15H,8-9H2,1-3H3,(H,26,29)(H,24,25,27)/t11-,12-,15+/m0/s1. The lowest BCUT2D eigenvalue weighted by Crippen LogP contribution is -2.45. The van der Waals surface area contributed by atoms with Crippen LogP contribution in [0.3, 0.4) is 0 Å². The number of hydrogen-bond acceptors (Lipinski definition) is 7. The monoisotopic (exact) mass is 453 g/mol. The molecule has 1 aliphatic carbocycles. The van der Waals surface area contributed by atoms with Gasteiger partial charge in [0.25, 0.3) is 0 Å². The molecule has 0 spiro atoms. The molecule has 2 heterocycles. The Morgan fingerprint density at radius 2 is 1.90 bits per heavy atom. The molecule has 2 aromatic rings. The molecule has 4 rings (SSSR count). The molecule has 7 nitrogen and oxygen atoms in total. The number of carbonyl (C=O) groups is 1. The number of hydrogen-bond donors (Lipinski definition) is 2. The third-order valence-corrected chi connectivity index (χ3v) is 6.66. The molecule has 1 saturated carbocycles. The second kappa shape index (κ2) is 8.10. The number of rotatable bonds is 5. The number of fused-ring (bicyclic) bond motifs is 1. The van der Waals surface area contributed by atoms with E-state index in [4.69, 9.17) is 0 Å². The normalized spacial score (nSPS) is 23.0. The van der Waals surface area contributed by atoms with Gasteiger partial charge in [0.2, 0.25) is 11.9 Å². The molecule has 31 heavy (non-hydrogen) atoms. The van der Waals surface area contributed by atoms with E-state index < -0.39 is 6.36 Å². The fraction of sp³-hybridized carbons (Fsp3) is 0.450. The van der Waals surface area contributed by atoms with E-state index in [9.17, 15) is 18.0 Å². The van der Waals surface area contributed by atoms with Crippen molar-refractivity contribution in [2.45, 2.75) is 55.3 Å². The average molecular weight is 453 g/mol. The molecule has 1 aromatic heterocycles. The maximum absolute atomic E-state index is 12.2. The van der Waals surface area contributed by atoms with E-state index in [2.05, 4.69) is 25.3 Å². The van der Waals surface area contributed by atoms with Crippen LogP contribution < -0.4 is 20.3 Å². The van der Waals surface area contributed by atoms with Gasteiger partial charge in [-0.2, -0.15) is 4.98 Å². The van der Waals surface area contributed by atoms with Crippen molar-refractivity contribution in [1.82, 2.24) is 9.97 Å². The van der Waals surface area contributed by atoms with Crippen LogP contribution in [-0.2, 0) is 4.79 Å². The number of nitrogens with one attached hydrogen (secondary N) is 2. The number of likely N-dealkylation sites (N-methyl/N-ethyl adjacent to an activating group) is 1. The number of aromatic nitrogens is 2. The Balaban J connectivity index is 1.32. The van der Waals surface area contributed by atoms with Crippen molar-refractivity contribution in [3.05, 3.63) is 30.0 Å². The topological polar surface area (TPSA) is 79.4 Å². The lowest BCUT2D eigenvalue weighted by atomic mass is 9.92. The molecule has 11 heteroatoms. The van der Waals surface area contributed by atoms with Crippen molar-refractivity contribution in [1.29, 1.82) is 0 Å². The lowest BCUT2D eigenvalue weighted by molar-refractivity contribution is -0.274. The third-order valence-electron chi connectivity index (χ3n) is 5.40. The second-order valence-electron chi connectivity index (χ2n) is 7.68. The van der Waals surface area contributed by atoms with Crippen LogP contribution in [0.15, 0.2) is 29.2 Å². The fourth-order valence-electron chi connectivity index (χ4n) is 3.49. The molecule has 0 unspecified atom stereocenters. The van der Waals surface area contributed by atoms with Gasteiger partial charge in [0, 0.05) is 23.2 Å². The number of halogens is 3. The van der Waals surface area contributed by atoms with E-state index in [1.807, 2.05) is 25.8 Å².